The van der Waals surface area contributed by atoms with Gasteiger partial charge in [-0.05, 0) is 54.1 Å². The Morgan fingerprint density at radius 3 is 2.56 bits per heavy atom. The van der Waals surface area contributed by atoms with Crippen molar-refractivity contribution in [2.75, 3.05) is 20.3 Å². The Morgan fingerprint density at radius 2 is 1.82 bits per heavy atom. The van der Waals surface area contributed by atoms with Crippen molar-refractivity contribution < 1.29 is 23.8 Å². The van der Waals surface area contributed by atoms with Crippen LogP contribution in [0.2, 0.25) is 25.7 Å². The minimum atomic E-state index is -1.39. The van der Waals surface area contributed by atoms with Crippen LogP contribution in [0.25, 0.3) is 21.6 Å². The summed E-state index contributed by atoms with van der Waals surface area (Å²) in [7, 11) is -0.0233. The molecule has 1 aliphatic heterocycles. The van der Waals surface area contributed by atoms with Crippen molar-refractivity contribution >= 4 is 31.3 Å². The van der Waals surface area contributed by atoms with E-state index in [1.165, 1.54) is 31.9 Å². The van der Waals surface area contributed by atoms with Crippen LogP contribution in [0.4, 0.5) is 0 Å². The summed E-state index contributed by atoms with van der Waals surface area (Å²) in [6.07, 6.45) is 6.51. The number of rotatable bonds is 7. The molecule has 39 heavy (non-hydrogen) atoms. The van der Waals surface area contributed by atoms with Gasteiger partial charge >= 0.3 is 11.9 Å². The van der Waals surface area contributed by atoms with Gasteiger partial charge in [-0.3, -0.25) is 0 Å². The molecule has 0 N–H and O–H groups in total. The van der Waals surface area contributed by atoms with Crippen molar-refractivity contribution in [3.05, 3.63) is 58.2 Å². The molecule has 0 atom stereocenters. The second kappa shape index (κ2) is 11.6. The third-order valence-corrected chi connectivity index (χ3v) is 10.3. The molecule has 1 aliphatic carbocycles. The fraction of sp³-hybridized carbons (Fsp3) is 0.452. The average Bonchev–Trinajstić information content (AvgIpc) is 3.33. The van der Waals surface area contributed by atoms with Crippen LogP contribution in [0, 0.1) is 0 Å². The van der Waals surface area contributed by atoms with Crippen LogP contribution in [0.15, 0.2) is 35.7 Å². The molecule has 0 saturated heterocycles. The molecule has 206 valence electrons. The molecular weight excluding hydrogens is 526 g/mol. The van der Waals surface area contributed by atoms with Gasteiger partial charge in [-0.1, -0.05) is 45.0 Å². The molecule has 3 heterocycles. The van der Waals surface area contributed by atoms with Gasteiger partial charge < -0.3 is 14.2 Å². The topological polar surface area (TPSA) is 74.7 Å². The van der Waals surface area contributed by atoms with Crippen LogP contribution in [-0.4, -0.2) is 45.3 Å². The third kappa shape index (κ3) is 6.12. The smallest absolute Gasteiger partial charge is 0.357 e. The number of methoxy groups -OCH3 is 1. The third-order valence-electron chi connectivity index (χ3n) is 7.65. The van der Waals surface area contributed by atoms with Crippen molar-refractivity contribution in [1.29, 1.82) is 0 Å². The molecule has 8 heteroatoms. The summed E-state index contributed by atoms with van der Waals surface area (Å²) < 4.78 is 17.2. The van der Waals surface area contributed by atoms with E-state index < -0.39 is 20.0 Å². The Bertz CT molecular complexity index is 1370. The van der Waals surface area contributed by atoms with Crippen LogP contribution >= 0.6 is 11.3 Å². The number of aromatic nitrogens is 1. The Morgan fingerprint density at radius 1 is 1.03 bits per heavy atom. The van der Waals surface area contributed by atoms with E-state index in [-0.39, 0.29) is 5.69 Å². The van der Waals surface area contributed by atoms with Crippen LogP contribution in [0.5, 0.6) is 5.75 Å². The molecule has 2 aliphatic rings. The molecule has 1 saturated carbocycles. The summed E-state index contributed by atoms with van der Waals surface area (Å²) in [6.45, 7) is 7.68. The number of pyridine rings is 1. The highest BCUT2D eigenvalue weighted by atomic mass is 32.1. The molecule has 0 spiro atoms. The molecule has 0 bridgehead atoms. The number of carbonyl (C=O) groups excluding carboxylic acids is 2. The first kappa shape index (κ1) is 27.6. The van der Waals surface area contributed by atoms with Crippen LogP contribution < -0.4 is 4.74 Å². The van der Waals surface area contributed by atoms with Gasteiger partial charge in [-0.25, -0.2) is 14.6 Å². The van der Waals surface area contributed by atoms with E-state index in [2.05, 4.69) is 31.1 Å². The Kier molecular flexibility index (Phi) is 8.23. The Hall–Kier alpha value is -2.97. The van der Waals surface area contributed by atoms with E-state index >= 15 is 0 Å². The van der Waals surface area contributed by atoms with Gasteiger partial charge in [0.05, 0.1) is 25.9 Å². The number of esters is 2. The largest absolute Gasteiger partial charge is 0.493 e. The zero-order valence-corrected chi connectivity index (χ0v) is 25.1. The number of fused-ring (bicyclic) bond motifs is 3. The minimum Gasteiger partial charge on any atom is -0.493 e. The summed E-state index contributed by atoms with van der Waals surface area (Å²) >= 11 is 1.64. The fourth-order valence-corrected chi connectivity index (χ4v) is 7.10. The molecule has 5 rings (SSSR count). The van der Waals surface area contributed by atoms with Crippen molar-refractivity contribution in [3.63, 3.8) is 0 Å². The van der Waals surface area contributed by atoms with Crippen LogP contribution in [0.3, 0.4) is 0 Å². The van der Waals surface area contributed by atoms with Crippen molar-refractivity contribution in [1.82, 2.24) is 4.98 Å². The van der Waals surface area contributed by atoms with Crippen LogP contribution in [0.1, 0.15) is 70.1 Å². The van der Waals surface area contributed by atoms with Gasteiger partial charge in [0.2, 0.25) is 0 Å². The maximum absolute atomic E-state index is 13.6. The van der Waals surface area contributed by atoms with Gasteiger partial charge in [-0.15, -0.1) is 11.3 Å². The second-order valence-corrected chi connectivity index (χ2v) is 18.2. The highest BCUT2D eigenvalue weighted by Gasteiger charge is 2.28. The summed E-state index contributed by atoms with van der Waals surface area (Å²) in [6, 6.07) is 10.7. The van der Waals surface area contributed by atoms with Crippen molar-refractivity contribution in [3.8, 4) is 27.3 Å². The van der Waals surface area contributed by atoms with E-state index in [1.807, 2.05) is 24.3 Å². The summed E-state index contributed by atoms with van der Waals surface area (Å²) in [5, 5.41) is 2.07. The molecule has 0 unspecified atom stereocenters. The van der Waals surface area contributed by atoms with Gasteiger partial charge in [0, 0.05) is 47.7 Å². The van der Waals surface area contributed by atoms with Gasteiger partial charge in [-0.2, -0.15) is 0 Å². The lowest BCUT2D eigenvalue weighted by atomic mass is 9.86. The molecule has 3 aromatic rings. The standard InChI is InChI=1S/C31H37NO5SSi/c1-35-31(34)28-22(10-11-26(32-28)20-8-6-5-7-9-20)23-19-27-25(29-21(12-14-36-27)13-16-38-29)18-24(23)30(33)37-15-17-39(2,3)4/h10-11,13,16,18-20H,5-9,12,14-15,17H2,1-4H3. The highest BCUT2D eigenvalue weighted by Crippen LogP contribution is 2.44. The number of nitrogens with zero attached hydrogens (tertiary/aromatic N) is 1. The number of hydrogen-bond acceptors (Lipinski definition) is 7. The number of benzene rings is 1. The molecule has 6 nitrogen and oxygen atoms in total. The SMILES string of the molecule is COC(=O)c1nc(C2CCCCC2)ccc1-c1cc2c(cc1C(=O)OCC[Si](C)(C)C)-c1sccc1CCO2. The summed E-state index contributed by atoms with van der Waals surface area (Å²) in [5.74, 6) is 0.101. The predicted octanol–water partition coefficient (Wildman–Crippen LogP) is 7.74. The normalized spacial score (nSPS) is 15.5. The zero-order valence-electron chi connectivity index (χ0n) is 23.3. The minimum absolute atomic E-state index is 0.224. The molecule has 0 amide bonds. The number of carbonyl (C=O) groups is 2. The lowest BCUT2D eigenvalue weighted by molar-refractivity contribution is 0.0524. The van der Waals surface area contributed by atoms with Crippen molar-refractivity contribution in [2.24, 2.45) is 0 Å². The Labute approximate surface area is 235 Å². The maximum Gasteiger partial charge on any atom is 0.357 e. The summed E-state index contributed by atoms with van der Waals surface area (Å²) in [5.41, 5.74) is 4.76. The number of thiophene rings is 1. The molecule has 2 aromatic heterocycles. The van der Waals surface area contributed by atoms with E-state index in [4.69, 9.17) is 19.2 Å². The number of hydrogen-bond donors (Lipinski definition) is 0. The zero-order chi connectivity index (χ0) is 27.6. The highest BCUT2D eigenvalue weighted by molar-refractivity contribution is 7.13. The quantitative estimate of drug-likeness (QED) is 0.216. The Balaban J connectivity index is 1.63. The van der Waals surface area contributed by atoms with E-state index in [1.54, 1.807) is 11.3 Å². The van der Waals surface area contributed by atoms with E-state index in [0.717, 1.165) is 41.4 Å². The molecular formula is C31H37NO5SSi. The van der Waals surface area contributed by atoms with E-state index in [0.29, 0.717) is 41.6 Å². The lowest BCUT2D eigenvalue weighted by Gasteiger charge is -2.22. The first-order chi connectivity index (χ1) is 18.7. The summed E-state index contributed by atoms with van der Waals surface area (Å²) in [4.78, 5) is 32.6. The number of ether oxygens (including phenoxy) is 3. The monoisotopic (exact) mass is 563 g/mol. The first-order valence-corrected chi connectivity index (χ1v) is 18.5. The second-order valence-electron chi connectivity index (χ2n) is 11.7. The lowest BCUT2D eigenvalue weighted by Crippen LogP contribution is -2.23. The van der Waals surface area contributed by atoms with Crippen LogP contribution in [-0.2, 0) is 15.9 Å². The molecule has 1 aromatic carbocycles. The fourth-order valence-electron chi connectivity index (χ4n) is 5.41. The predicted molar refractivity (Wildman–Crippen MR) is 158 cm³/mol. The maximum atomic E-state index is 13.6. The van der Waals surface area contributed by atoms with Gasteiger partial charge in [0.25, 0.3) is 0 Å². The molecule has 1 fully saturated rings. The average molecular weight is 564 g/mol. The first-order valence-electron chi connectivity index (χ1n) is 13.9. The van der Waals surface area contributed by atoms with Gasteiger partial charge in [0.15, 0.2) is 5.69 Å². The van der Waals surface area contributed by atoms with Crippen molar-refractivity contribution in [2.45, 2.75) is 70.1 Å². The molecule has 0 radical (unpaired) electrons. The van der Waals surface area contributed by atoms with E-state index in [9.17, 15) is 9.59 Å². The van der Waals surface area contributed by atoms with Gasteiger partial charge in [0.1, 0.15) is 5.75 Å².